The first kappa shape index (κ1) is 20.8. The molecule has 2 aliphatic heterocycles. The predicted molar refractivity (Wildman–Crippen MR) is 125 cm³/mol. The molecular formula is C26H34N2O5S. The molecule has 9 rings (SSSR count). The normalized spacial score (nSPS) is 47.2. The first-order chi connectivity index (χ1) is 16.2. The molecule has 0 radical (unpaired) electrons. The van der Waals surface area contributed by atoms with Crippen LogP contribution in [0.25, 0.3) is 0 Å². The molecule has 1 aromatic carbocycles. The van der Waals surface area contributed by atoms with E-state index >= 15 is 0 Å². The molecule has 2 N–H and O–H groups in total. The van der Waals surface area contributed by atoms with Gasteiger partial charge in [0.1, 0.15) is 11.7 Å². The largest absolute Gasteiger partial charge is 0.504 e. The monoisotopic (exact) mass is 486 g/mol. The van der Waals surface area contributed by atoms with Crippen LogP contribution in [0.5, 0.6) is 11.5 Å². The van der Waals surface area contributed by atoms with Crippen molar-refractivity contribution in [2.24, 2.45) is 22.7 Å². The number of hydrogen-bond donors (Lipinski definition) is 2. The third kappa shape index (κ3) is 2.12. The number of nitrogens with one attached hydrogen (secondary N) is 1. The second kappa shape index (κ2) is 5.96. The van der Waals surface area contributed by atoms with Crippen molar-refractivity contribution >= 4 is 10.0 Å². The Morgan fingerprint density at radius 3 is 2.85 bits per heavy atom. The minimum absolute atomic E-state index is 0.0270. The minimum Gasteiger partial charge on any atom is -0.504 e. The van der Waals surface area contributed by atoms with Crippen LogP contribution in [0.1, 0.15) is 49.7 Å². The van der Waals surface area contributed by atoms with Crippen molar-refractivity contribution < 1.29 is 23.0 Å². The van der Waals surface area contributed by atoms with Crippen molar-refractivity contribution in [1.82, 2.24) is 9.62 Å². The fourth-order valence-electron chi connectivity index (χ4n) is 10.5. The number of sulfonamides is 1. The Kier molecular flexibility index (Phi) is 3.64. The number of phenols is 1. The van der Waals surface area contributed by atoms with Crippen LogP contribution in [0.3, 0.4) is 0 Å². The maximum Gasteiger partial charge on any atom is 0.208 e. The summed E-state index contributed by atoms with van der Waals surface area (Å²) in [7, 11) is -1.54. The van der Waals surface area contributed by atoms with Gasteiger partial charge in [0, 0.05) is 60.5 Å². The number of rotatable bonds is 6. The van der Waals surface area contributed by atoms with Crippen LogP contribution in [0.15, 0.2) is 12.1 Å². The van der Waals surface area contributed by atoms with Gasteiger partial charge in [-0.2, -0.15) is 0 Å². The lowest BCUT2D eigenvalue weighted by atomic mass is 9.40. The lowest BCUT2D eigenvalue weighted by Crippen LogP contribution is -2.77. The van der Waals surface area contributed by atoms with Gasteiger partial charge < -0.3 is 14.6 Å². The van der Waals surface area contributed by atoms with E-state index in [1.165, 1.54) is 36.8 Å². The number of hydrogen-bond acceptors (Lipinski definition) is 6. The number of aromatic hydroxyl groups is 1. The summed E-state index contributed by atoms with van der Waals surface area (Å²) in [6, 6.07) is 4.46. The van der Waals surface area contributed by atoms with Crippen LogP contribution in [-0.4, -0.2) is 69.2 Å². The van der Waals surface area contributed by atoms with Gasteiger partial charge in [0.2, 0.25) is 10.0 Å². The zero-order chi connectivity index (χ0) is 23.3. The summed E-state index contributed by atoms with van der Waals surface area (Å²) in [6.45, 7) is 2.74. The molecule has 184 valence electrons. The van der Waals surface area contributed by atoms with Gasteiger partial charge in [-0.15, -0.1) is 0 Å². The highest BCUT2D eigenvalue weighted by Crippen LogP contribution is 2.83. The quantitative estimate of drug-likeness (QED) is 0.641. The lowest BCUT2D eigenvalue weighted by molar-refractivity contribution is -0.251. The van der Waals surface area contributed by atoms with Crippen LogP contribution in [0.4, 0.5) is 0 Å². The van der Waals surface area contributed by atoms with E-state index in [0.717, 1.165) is 44.6 Å². The third-order valence-electron chi connectivity index (χ3n) is 11.3. The minimum atomic E-state index is -3.31. The fourth-order valence-corrected chi connectivity index (χ4v) is 11.0. The van der Waals surface area contributed by atoms with Crippen molar-refractivity contribution in [3.05, 3.63) is 23.3 Å². The Labute approximate surface area is 201 Å². The van der Waals surface area contributed by atoms with Crippen molar-refractivity contribution in [1.29, 1.82) is 0 Å². The summed E-state index contributed by atoms with van der Waals surface area (Å²) in [5.74, 6) is 1.80. The molecule has 1 unspecified atom stereocenters. The topological polar surface area (TPSA) is 88.1 Å². The van der Waals surface area contributed by atoms with Crippen molar-refractivity contribution in [3.63, 3.8) is 0 Å². The Hall–Kier alpha value is -1.35. The molecule has 8 aliphatic rings. The summed E-state index contributed by atoms with van der Waals surface area (Å²) >= 11 is 0. The maximum atomic E-state index is 12.1. The van der Waals surface area contributed by atoms with E-state index in [9.17, 15) is 13.5 Å². The highest BCUT2D eigenvalue weighted by atomic mass is 32.2. The van der Waals surface area contributed by atoms with Crippen molar-refractivity contribution in [2.45, 2.75) is 68.1 Å². The Balaban J connectivity index is 1.34. The second-order valence-electron chi connectivity index (χ2n) is 12.7. The van der Waals surface area contributed by atoms with Gasteiger partial charge >= 0.3 is 0 Å². The van der Waals surface area contributed by atoms with Crippen LogP contribution >= 0.6 is 0 Å². The summed E-state index contributed by atoms with van der Waals surface area (Å²) < 4.78 is 40.2. The summed E-state index contributed by atoms with van der Waals surface area (Å²) in [6.07, 6.45) is 8.83. The number of fused-ring (bicyclic) bond motifs is 2. The molecule has 1 saturated heterocycles. The molecule has 34 heavy (non-hydrogen) atoms. The molecule has 6 aliphatic carbocycles. The molecule has 7 atom stereocenters. The Bertz CT molecular complexity index is 1230. The standard InChI is InChI=1S/C26H34N2O5S/c1-32-26-8-7-24(10-17(26)11-27-34(2,30)31)21-23(14-28(21)12-15-3-4-15)9-16-5-6-18(29)20-19(16)25(24,13-23)22(26)33-20/h5-6,15,17,21-22,27,29H,3-4,7-14H2,1-2H3/t17-,21-,22-,23?,24-,25+,26-/m1/s1. The zero-order valence-corrected chi connectivity index (χ0v) is 20.8. The van der Waals surface area contributed by atoms with Gasteiger partial charge in [-0.25, -0.2) is 13.1 Å². The highest BCUT2D eigenvalue weighted by Gasteiger charge is 2.87. The van der Waals surface area contributed by atoms with E-state index in [-0.39, 0.29) is 34.0 Å². The van der Waals surface area contributed by atoms with Crippen LogP contribution < -0.4 is 9.46 Å². The molecule has 0 amide bonds. The molecule has 0 aromatic heterocycles. The summed E-state index contributed by atoms with van der Waals surface area (Å²) in [5, 5.41) is 10.9. The second-order valence-corrected chi connectivity index (χ2v) is 14.6. The smallest absolute Gasteiger partial charge is 0.208 e. The first-order valence-corrected chi connectivity index (χ1v) is 14.8. The predicted octanol–water partition coefficient (Wildman–Crippen LogP) is 2.17. The Morgan fingerprint density at radius 2 is 2.12 bits per heavy atom. The van der Waals surface area contributed by atoms with E-state index in [0.29, 0.717) is 18.3 Å². The number of methoxy groups -OCH3 is 1. The molecule has 5 saturated carbocycles. The van der Waals surface area contributed by atoms with Gasteiger partial charge in [-0.1, -0.05) is 6.07 Å². The number of nitrogens with zero attached hydrogens (tertiary/aromatic N) is 1. The van der Waals surface area contributed by atoms with Crippen LogP contribution in [0.2, 0.25) is 0 Å². The van der Waals surface area contributed by atoms with E-state index in [1.54, 1.807) is 7.11 Å². The van der Waals surface area contributed by atoms with Gasteiger partial charge in [-0.3, -0.25) is 4.90 Å². The van der Waals surface area contributed by atoms with E-state index in [1.807, 2.05) is 6.07 Å². The Morgan fingerprint density at radius 1 is 1.29 bits per heavy atom. The zero-order valence-electron chi connectivity index (χ0n) is 20.0. The van der Waals surface area contributed by atoms with E-state index in [2.05, 4.69) is 15.7 Å². The SMILES string of the molecule is CO[C@]12CC[C@@]3(C[C@@H]1CNS(C)(=O)=O)[C@@H]1N(CC4CC4)CC14Cc1ccc(O)c5c1[C@@]3(C4)[C@H]2O5. The van der Waals surface area contributed by atoms with E-state index < -0.39 is 15.6 Å². The molecule has 4 bridgehead atoms. The number of benzene rings is 1. The third-order valence-corrected chi connectivity index (χ3v) is 12.0. The van der Waals surface area contributed by atoms with Gasteiger partial charge in [0.25, 0.3) is 0 Å². The lowest BCUT2D eigenvalue weighted by Gasteiger charge is -2.68. The van der Waals surface area contributed by atoms with Crippen LogP contribution in [0, 0.1) is 22.7 Å². The van der Waals surface area contributed by atoms with Gasteiger partial charge in [0.05, 0.1) is 6.26 Å². The molecule has 3 spiro atoms. The first-order valence-electron chi connectivity index (χ1n) is 12.9. The summed E-state index contributed by atoms with van der Waals surface area (Å²) in [4.78, 5) is 2.79. The molecule has 1 aromatic rings. The number of likely N-dealkylation sites (tertiary alicyclic amines) is 1. The molecule has 8 heteroatoms. The molecule has 6 fully saturated rings. The average Bonchev–Trinajstić information content (AvgIpc) is 3.48. The average molecular weight is 487 g/mol. The number of phenolic OH excluding ortho intramolecular Hbond substituents is 1. The van der Waals surface area contributed by atoms with Crippen molar-refractivity contribution in [3.8, 4) is 11.5 Å². The highest BCUT2D eigenvalue weighted by molar-refractivity contribution is 7.88. The summed E-state index contributed by atoms with van der Waals surface area (Å²) in [5.41, 5.74) is 2.18. The van der Waals surface area contributed by atoms with E-state index in [4.69, 9.17) is 9.47 Å². The molecule has 2 heterocycles. The van der Waals surface area contributed by atoms with Gasteiger partial charge in [-0.05, 0) is 62.5 Å². The van der Waals surface area contributed by atoms with Crippen LogP contribution in [-0.2, 0) is 26.6 Å². The fraction of sp³-hybridized carbons (Fsp3) is 0.769. The molecule has 7 nitrogen and oxygen atoms in total. The molecular weight excluding hydrogens is 452 g/mol. The van der Waals surface area contributed by atoms with Crippen molar-refractivity contribution in [2.75, 3.05) is 33.0 Å². The van der Waals surface area contributed by atoms with Gasteiger partial charge in [0.15, 0.2) is 11.5 Å². The number of ether oxygens (including phenoxy) is 2. The maximum absolute atomic E-state index is 12.1.